The predicted octanol–water partition coefficient (Wildman–Crippen LogP) is 8.67. The molecule has 4 aliphatic rings. The molecule has 0 bridgehead atoms. The Morgan fingerprint density at radius 3 is 1.60 bits per heavy atom. The van der Waals surface area contributed by atoms with Crippen molar-refractivity contribution in [3.8, 4) is 22.3 Å². The highest BCUT2D eigenvalue weighted by Crippen LogP contribution is 2.56. The lowest BCUT2D eigenvalue weighted by molar-refractivity contribution is -0.109. The summed E-state index contributed by atoms with van der Waals surface area (Å²) in [4.78, 5) is 14.1. The molecule has 3 aliphatic carbocycles. The topological polar surface area (TPSA) is 182 Å². The van der Waals surface area contributed by atoms with Gasteiger partial charge in [0.2, 0.25) is 5.78 Å². The maximum Gasteiger partial charge on any atom is 0.295 e. The van der Waals surface area contributed by atoms with Gasteiger partial charge in [0.15, 0.2) is 5.66 Å². The highest BCUT2D eigenvalue weighted by molar-refractivity contribution is 7.86. The molecule has 0 atom stereocenters. The predicted molar refractivity (Wildman–Crippen MR) is 252 cm³/mol. The summed E-state index contributed by atoms with van der Waals surface area (Å²) in [7, 11) is -9.43. The third kappa shape index (κ3) is 5.20. The number of hydrogen-bond acceptors (Lipinski definition) is 9. The van der Waals surface area contributed by atoms with Gasteiger partial charge >= 0.3 is 0 Å². The van der Waals surface area contributed by atoms with Gasteiger partial charge in [0.25, 0.3) is 20.2 Å². The van der Waals surface area contributed by atoms with Crippen molar-refractivity contribution in [3.05, 3.63) is 190 Å². The minimum Gasteiger partial charge on any atom is -0.506 e. The number of fused-ring (bicyclic) bond motifs is 9. The zero-order valence-electron chi connectivity index (χ0n) is 34.3. The summed E-state index contributed by atoms with van der Waals surface area (Å²) in [6.45, 7) is 6.42. The fourth-order valence-corrected chi connectivity index (χ4v) is 12.2. The van der Waals surface area contributed by atoms with E-state index in [0.717, 1.165) is 44.5 Å². The average molecular weight is 894 g/mol. The van der Waals surface area contributed by atoms with Crippen LogP contribution in [0.15, 0.2) is 161 Å². The van der Waals surface area contributed by atoms with E-state index in [4.69, 9.17) is 0 Å². The second kappa shape index (κ2) is 13.0. The highest BCUT2D eigenvalue weighted by Gasteiger charge is 2.48. The van der Waals surface area contributed by atoms with Crippen LogP contribution in [0.4, 0.5) is 17.1 Å². The molecule has 1 aliphatic heterocycles. The number of carbonyl (C=O) groups excluding carboxylic acids is 1. The smallest absolute Gasteiger partial charge is 0.295 e. The van der Waals surface area contributed by atoms with Crippen LogP contribution in [-0.4, -0.2) is 36.8 Å². The molecule has 1 heterocycles. The van der Waals surface area contributed by atoms with Crippen LogP contribution < -0.4 is 26.4 Å². The molecule has 318 valence electrons. The monoisotopic (exact) mass is 893 g/mol. The molecule has 0 saturated heterocycles. The zero-order valence-corrected chi connectivity index (χ0v) is 35.9. The molecule has 8 aromatic rings. The Hall–Kier alpha value is -7.55. The molecule has 0 unspecified atom stereocenters. The van der Waals surface area contributed by atoms with Gasteiger partial charge in [0, 0.05) is 49.6 Å². The Labute approximate surface area is 372 Å². The van der Waals surface area contributed by atoms with Gasteiger partial charge in [-0.2, -0.15) is 16.8 Å². The van der Waals surface area contributed by atoms with Crippen molar-refractivity contribution >= 4 is 82.4 Å². The van der Waals surface area contributed by atoms with Gasteiger partial charge in [0.05, 0.1) is 22.4 Å². The third-order valence-corrected chi connectivity index (χ3v) is 15.4. The lowest BCUT2D eigenvalue weighted by Gasteiger charge is -2.41. The maximum atomic E-state index is 14.8. The van der Waals surface area contributed by atoms with Crippen LogP contribution in [0, 0.1) is 0 Å². The number of rotatable bonds is 5. The van der Waals surface area contributed by atoms with E-state index in [-0.39, 0.29) is 53.5 Å². The van der Waals surface area contributed by atoms with Crippen LogP contribution in [0.2, 0.25) is 0 Å². The van der Waals surface area contributed by atoms with Gasteiger partial charge in [-0.1, -0.05) is 128 Å². The molecular weight excluding hydrogens is 859 g/mol. The van der Waals surface area contributed by atoms with E-state index in [9.17, 15) is 35.8 Å². The minimum absolute atomic E-state index is 0.0413. The Morgan fingerprint density at radius 2 is 1.05 bits per heavy atom. The third-order valence-electron chi connectivity index (χ3n) is 13.6. The first-order valence-corrected chi connectivity index (χ1v) is 23.6. The molecule has 0 saturated carbocycles. The van der Waals surface area contributed by atoms with E-state index in [0.29, 0.717) is 27.8 Å². The lowest BCUT2D eigenvalue weighted by atomic mass is 9.79. The summed E-state index contributed by atoms with van der Waals surface area (Å²) in [5.41, 5.74) is 7.39. The first-order valence-electron chi connectivity index (χ1n) is 20.7. The van der Waals surface area contributed by atoms with Gasteiger partial charge in [-0.3, -0.25) is 13.9 Å². The Bertz CT molecular complexity index is 3860. The summed E-state index contributed by atoms with van der Waals surface area (Å²) in [5.74, 6) is -0.891. The maximum absolute atomic E-state index is 14.8. The van der Waals surface area contributed by atoms with Gasteiger partial charge < -0.3 is 21.1 Å². The summed E-state index contributed by atoms with van der Waals surface area (Å²) in [5, 5.41) is 24.7. The lowest BCUT2D eigenvalue weighted by Crippen LogP contribution is -2.45. The quantitative estimate of drug-likeness (QED) is 0.0910. The molecule has 0 radical (unpaired) electrons. The van der Waals surface area contributed by atoms with Crippen molar-refractivity contribution in [2.24, 2.45) is 0 Å². The number of aliphatic hydroxyl groups excluding tert-OH is 1. The fourth-order valence-electron chi connectivity index (χ4n) is 10.8. The Morgan fingerprint density at radius 1 is 0.554 bits per heavy atom. The number of anilines is 3. The van der Waals surface area contributed by atoms with E-state index >= 15 is 0 Å². The van der Waals surface area contributed by atoms with E-state index in [2.05, 4.69) is 22.5 Å². The first-order chi connectivity index (χ1) is 31.1. The van der Waals surface area contributed by atoms with Gasteiger partial charge in [-0.25, -0.2) is 0 Å². The van der Waals surface area contributed by atoms with Crippen molar-refractivity contribution in [2.75, 3.05) is 16.0 Å². The van der Waals surface area contributed by atoms with Gasteiger partial charge in [-0.05, 0) is 75.0 Å². The van der Waals surface area contributed by atoms with Crippen LogP contribution in [0.1, 0.15) is 34.7 Å². The molecule has 0 fully saturated rings. The molecule has 0 amide bonds. The second-order valence-electron chi connectivity index (χ2n) is 17.0. The number of benzene rings is 8. The molecule has 65 heavy (non-hydrogen) atoms. The fraction of sp³-hybridized carbons (Fsp3) is 0.0577. The average Bonchev–Trinajstić information content (AvgIpc) is 3.69. The SMILES string of the molecule is C=c1/c(=C2/C(=O)C(c3ccc4c(S(=O)(=O)O)ccc5c4c3NC3(N5)c4ccccc4-c4ccccc43)=C2O)ccc2c(S(=O)(=O)O)ccc(NC3(C)c4ccccc4-c4ccccc43)c12. The van der Waals surface area contributed by atoms with Crippen LogP contribution in [-0.2, 0) is 36.2 Å². The van der Waals surface area contributed by atoms with E-state index in [1.165, 1.54) is 30.3 Å². The van der Waals surface area contributed by atoms with Crippen molar-refractivity contribution in [2.45, 2.75) is 27.9 Å². The van der Waals surface area contributed by atoms with Crippen molar-refractivity contribution in [3.63, 3.8) is 0 Å². The van der Waals surface area contributed by atoms with E-state index in [1.54, 1.807) is 18.2 Å². The summed E-state index contributed by atoms with van der Waals surface area (Å²) < 4.78 is 71.9. The number of Topliss-reactive ketones (excluding diaryl/α,β-unsaturated/α-hetero) is 1. The minimum atomic E-state index is -4.73. The number of nitrogens with one attached hydrogen (secondary N) is 3. The number of hydrogen-bond donors (Lipinski definition) is 6. The normalized spacial score (nSPS) is 16.9. The first kappa shape index (κ1) is 39.1. The molecule has 0 aromatic heterocycles. The van der Waals surface area contributed by atoms with Crippen LogP contribution >= 0.6 is 0 Å². The summed E-state index contributed by atoms with van der Waals surface area (Å²) in [6.07, 6.45) is 0. The van der Waals surface area contributed by atoms with Crippen LogP contribution in [0.5, 0.6) is 0 Å². The van der Waals surface area contributed by atoms with Crippen LogP contribution in [0.3, 0.4) is 0 Å². The van der Waals surface area contributed by atoms with Crippen molar-refractivity contribution < 1.29 is 35.8 Å². The molecule has 6 N–H and O–H groups in total. The zero-order chi connectivity index (χ0) is 44.9. The summed E-state index contributed by atoms with van der Waals surface area (Å²) >= 11 is 0. The van der Waals surface area contributed by atoms with Crippen molar-refractivity contribution in [1.82, 2.24) is 0 Å². The largest absolute Gasteiger partial charge is 0.506 e. The number of carbonyl (C=O) groups is 1. The van der Waals surface area contributed by atoms with Crippen molar-refractivity contribution in [1.29, 1.82) is 0 Å². The van der Waals surface area contributed by atoms with Crippen LogP contribution in [0.25, 0.3) is 61.5 Å². The Kier molecular flexibility index (Phi) is 7.83. The second-order valence-corrected chi connectivity index (χ2v) is 19.7. The summed E-state index contributed by atoms with van der Waals surface area (Å²) in [6, 6.07) is 43.6. The molecule has 11 nitrogen and oxygen atoms in total. The Balaban J connectivity index is 1.08. The van der Waals surface area contributed by atoms with E-state index in [1.807, 2.05) is 104 Å². The molecular formula is C52H35N3O8S2. The number of aliphatic hydroxyl groups is 1. The molecule has 1 spiro atoms. The van der Waals surface area contributed by atoms with Gasteiger partial charge in [0.1, 0.15) is 15.6 Å². The molecule has 12 rings (SSSR count). The standard InChI is InChI=1S/C52H35N3O8S2/c1-27-28(19-20-33-42(64(58,59)60)25-23-40(44(27)33)53-51(2)36-15-7-3-11-29(36)30-12-4-8-16-37(30)51)46-49(56)47(50(46)57)35-22-21-34-43(65(61,62)63)26-24-41-45(34)48(35)55-52(54-41)38-17-9-5-13-31(38)32-14-6-10-18-39(32)52/h3-26,53-56H,1H2,2H3,(H,58,59,60)(H,61,62,63)/b46-28+. The number of ketones is 1. The van der Waals surface area contributed by atoms with Gasteiger partial charge in [-0.15, -0.1) is 0 Å². The van der Waals surface area contributed by atoms with E-state index < -0.39 is 37.2 Å². The molecule has 8 aromatic carbocycles. The highest BCUT2D eigenvalue weighted by atomic mass is 32.2. The number of allylic oxidation sites excluding steroid dienone is 2. The molecule has 13 heteroatoms.